The molecule has 2 N–H and O–H groups in total. The number of halogens is 6. The monoisotopic (exact) mass is 559 g/mol. The Morgan fingerprint density at radius 1 is 0.974 bits per heavy atom. The summed E-state index contributed by atoms with van der Waals surface area (Å²) in [5.74, 6) is -1.65. The molecule has 2 aromatic carbocycles. The fourth-order valence-corrected chi connectivity index (χ4v) is 5.49. The van der Waals surface area contributed by atoms with E-state index in [1.54, 1.807) is 23.1 Å². The number of benzene rings is 2. The second kappa shape index (κ2) is 11.0. The average Bonchev–Trinajstić information content (AvgIpc) is 3.02. The van der Waals surface area contributed by atoms with Crippen molar-refractivity contribution in [1.82, 2.24) is 4.90 Å². The maximum absolute atomic E-state index is 13.8. The number of aryl methyl sites for hydroxylation is 1. The third-order valence-corrected chi connectivity index (χ3v) is 7.92. The van der Waals surface area contributed by atoms with E-state index in [-0.39, 0.29) is 12.5 Å². The molecule has 2 aliphatic rings. The summed E-state index contributed by atoms with van der Waals surface area (Å²) in [6.07, 6.45) is -8.70. The average molecular weight is 560 g/mol. The van der Waals surface area contributed by atoms with Crippen LogP contribution in [0.5, 0.6) is 5.75 Å². The first-order valence-electron chi connectivity index (χ1n) is 12.9. The van der Waals surface area contributed by atoms with Crippen molar-refractivity contribution in [3.8, 4) is 5.75 Å². The summed E-state index contributed by atoms with van der Waals surface area (Å²) in [4.78, 5) is 13.1. The zero-order valence-electron chi connectivity index (χ0n) is 21.5. The number of carbonyl (C=O) groups is 1. The van der Waals surface area contributed by atoms with Crippen molar-refractivity contribution in [2.75, 3.05) is 13.1 Å². The number of likely N-dealkylation sites (tertiary alicyclic amines) is 1. The van der Waals surface area contributed by atoms with Gasteiger partial charge in [0.1, 0.15) is 11.9 Å². The minimum absolute atomic E-state index is 0.0874. The van der Waals surface area contributed by atoms with Gasteiger partial charge in [-0.15, -0.1) is 0 Å². The van der Waals surface area contributed by atoms with E-state index in [1.807, 2.05) is 0 Å². The third-order valence-electron chi connectivity index (χ3n) is 7.92. The first kappa shape index (κ1) is 29.2. The maximum atomic E-state index is 13.8. The third kappa shape index (κ3) is 6.51. The second-order valence-electron chi connectivity index (χ2n) is 10.6. The number of carboxylic acid groups (broad SMARTS) is 1. The van der Waals surface area contributed by atoms with E-state index in [4.69, 9.17) is 4.74 Å². The van der Waals surface area contributed by atoms with Crippen LogP contribution in [-0.4, -0.2) is 40.3 Å². The molecule has 214 valence electrons. The van der Waals surface area contributed by atoms with Gasteiger partial charge < -0.3 is 14.9 Å². The summed E-state index contributed by atoms with van der Waals surface area (Å²) in [5, 5.41) is 19.8. The number of fused-ring (bicyclic) bond motifs is 4. The normalized spacial score (nSPS) is 22.9. The predicted molar refractivity (Wildman–Crippen MR) is 130 cm³/mol. The van der Waals surface area contributed by atoms with E-state index in [2.05, 4.69) is 0 Å². The van der Waals surface area contributed by atoms with Gasteiger partial charge in [-0.1, -0.05) is 12.1 Å². The Kier molecular flexibility index (Phi) is 8.23. The quantitative estimate of drug-likeness (QED) is 0.402. The Morgan fingerprint density at radius 2 is 1.69 bits per heavy atom. The molecule has 0 spiro atoms. The van der Waals surface area contributed by atoms with Gasteiger partial charge in [-0.25, -0.2) is 0 Å². The van der Waals surface area contributed by atoms with Crippen LogP contribution in [0.25, 0.3) is 0 Å². The summed E-state index contributed by atoms with van der Waals surface area (Å²) in [7, 11) is 0. The standard InChI is InChI=1S/C28H31F6NO4/c1-15(26(37)38)25(36)19-7-6-18-5-3-17-4-9-21(39-24(18)11-19)14-35(13-17)16(2)22-12-20(27(29,30)31)8-10-23(22)28(32,33)34/h6-8,10-12,15-17,21,25,36H,3-5,9,13-14H2,1-2H3,(H,37,38)/t15-,16+,17+,21-,25+/m0/s1. The van der Waals surface area contributed by atoms with Gasteiger partial charge in [-0.05, 0) is 86.4 Å². The molecular formula is C28H31F6NO4. The molecule has 0 amide bonds. The topological polar surface area (TPSA) is 70.0 Å². The number of ether oxygens (including phenoxy) is 1. The van der Waals surface area contributed by atoms with Crippen LogP contribution in [-0.2, 0) is 23.6 Å². The van der Waals surface area contributed by atoms with E-state index >= 15 is 0 Å². The van der Waals surface area contributed by atoms with Crippen molar-refractivity contribution >= 4 is 5.97 Å². The van der Waals surface area contributed by atoms with E-state index in [0.717, 1.165) is 12.0 Å². The van der Waals surface area contributed by atoms with Crippen molar-refractivity contribution in [3.63, 3.8) is 0 Å². The Bertz CT molecular complexity index is 1200. The molecule has 5 atom stereocenters. The molecule has 0 saturated carbocycles. The lowest BCUT2D eigenvalue weighted by atomic mass is 9.92. The molecule has 0 aromatic heterocycles. The van der Waals surface area contributed by atoms with Crippen LogP contribution in [0.1, 0.15) is 73.1 Å². The van der Waals surface area contributed by atoms with Crippen LogP contribution in [0.15, 0.2) is 36.4 Å². The van der Waals surface area contributed by atoms with Crippen LogP contribution in [0.2, 0.25) is 0 Å². The number of hydrogen-bond donors (Lipinski definition) is 2. The van der Waals surface area contributed by atoms with Gasteiger partial charge >= 0.3 is 18.3 Å². The molecule has 0 aliphatic carbocycles. The van der Waals surface area contributed by atoms with Gasteiger partial charge in [0.2, 0.25) is 0 Å². The number of carboxylic acids is 1. The number of aliphatic hydroxyl groups is 1. The van der Waals surface area contributed by atoms with Crippen LogP contribution < -0.4 is 4.74 Å². The van der Waals surface area contributed by atoms with Crippen molar-refractivity contribution in [1.29, 1.82) is 0 Å². The lowest BCUT2D eigenvalue weighted by molar-refractivity contribution is -0.145. The Labute approximate surface area is 222 Å². The lowest BCUT2D eigenvalue weighted by Gasteiger charge is -2.34. The van der Waals surface area contributed by atoms with Crippen LogP contribution in [0.3, 0.4) is 0 Å². The molecular weight excluding hydrogens is 528 g/mol. The summed E-state index contributed by atoms with van der Waals surface area (Å²) in [6, 6.07) is 5.67. The smallest absolute Gasteiger partial charge is 0.416 e. The number of aliphatic hydroxyl groups excluding tert-OH is 1. The van der Waals surface area contributed by atoms with Gasteiger partial charge in [-0.3, -0.25) is 9.69 Å². The molecule has 1 saturated heterocycles. The zero-order valence-corrected chi connectivity index (χ0v) is 21.5. The Balaban J connectivity index is 1.65. The number of nitrogens with zero attached hydrogens (tertiary/aromatic N) is 1. The lowest BCUT2D eigenvalue weighted by Crippen LogP contribution is -2.38. The molecule has 4 rings (SSSR count). The number of aliphatic carboxylic acids is 1. The van der Waals surface area contributed by atoms with E-state index in [1.165, 1.54) is 13.8 Å². The van der Waals surface area contributed by atoms with E-state index < -0.39 is 59.2 Å². The molecule has 5 nitrogen and oxygen atoms in total. The van der Waals surface area contributed by atoms with Gasteiger partial charge in [-0.2, -0.15) is 26.3 Å². The highest BCUT2D eigenvalue weighted by Crippen LogP contribution is 2.42. The number of alkyl halides is 6. The largest absolute Gasteiger partial charge is 0.489 e. The van der Waals surface area contributed by atoms with Crippen LogP contribution in [0, 0.1) is 11.8 Å². The van der Waals surface area contributed by atoms with Gasteiger partial charge in [0, 0.05) is 19.1 Å². The summed E-state index contributed by atoms with van der Waals surface area (Å²) in [5.41, 5.74) is -1.40. The highest BCUT2D eigenvalue weighted by molar-refractivity contribution is 5.70. The minimum atomic E-state index is -4.82. The molecule has 2 aromatic rings. The molecule has 0 unspecified atom stereocenters. The fraction of sp³-hybridized carbons (Fsp3) is 0.536. The van der Waals surface area contributed by atoms with Crippen molar-refractivity contribution < 1.29 is 46.1 Å². The second-order valence-corrected chi connectivity index (χ2v) is 10.6. The molecule has 2 heterocycles. The SMILES string of the molecule is C[C@H](C(=O)O)[C@@H](O)c1ccc2c(c1)O[C@H]1CC[C@@H](CC2)CN([C@H](C)c2cc(C(F)(F)F)ccc2C(F)(F)F)C1. The fourth-order valence-electron chi connectivity index (χ4n) is 5.49. The number of hydrogen-bond acceptors (Lipinski definition) is 4. The number of rotatable bonds is 5. The molecule has 11 heteroatoms. The Hall–Kier alpha value is -2.79. The highest BCUT2D eigenvalue weighted by Gasteiger charge is 2.40. The maximum Gasteiger partial charge on any atom is 0.416 e. The summed E-state index contributed by atoms with van der Waals surface area (Å²) < 4.78 is 88.0. The molecule has 0 radical (unpaired) electrons. The van der Waals surface area contributed by atoms with Gasteiger partial charge in [0.15, 0.2) is 0 Å². The van der Waals surface area contributed by atoms with Crippen molar-refractivity contribution in [2.24, 2.45) is 11.8 Å². The van der Waals surface area contributed by atoms with Crippen LogP contribution >= 0.6 is 0 Å². The molecule has 1 fully saturated rings. The predicted octanol–water partition coefficient (Wildman–Crippen LogP) is 6.65. The van der Waals surface area contributed by atoms with E-state index in [9.17, 15) is 41.4 Å². The summed E-state index contributed by atoms with van der Waals surface area (Å²) in [6.45, 7) is 3.50. The van der Waals surface area contributed by atoms with Crippen LogP contribution in [0.4, 0.5) is 26.3 Å². The Morgan fingerprint density at radius 3 is 2.33 bits per heavy atom. The van der Waals surface area contributed by atoms with Crippen molar-refractivity contribution in [3.05, 3.63) is 64.2 Å². The minimum Gasteiger partial charge on any atom is -0.489 e. The van der Waals surface area contributed by atoms with Crippen molar-refractivity contribution in [2.45, 2.75) is 70.1 Å². The van der Waals surface area contributed by atoms with E-state index in [0.29, 0.717) is 55.3 Å². The highest BCUT2D eigenvalue weighted by atomic mass is 19.4. The van der Waals surface area contributed by atoms with Gasteiger partial charge in [0.25, 0.3) is 0 Å². The molecule has 2 bridgehead atoms. The molecule has 39 heavy (non-hydrogen) atoms. The van der Waals surface area contributed by atoms with Gasteiger partial charge in [0.05, 0.1) is 23.1 Å². The zero-order chi connectivity index (χ0) is 28.7. The first-order valence-corrected chi connectivity index (χ1v) is 12.9. The first-order chi connectivity index (χ1) is 18.1. The molecule has 2 aliphatic heterocycles. The summed E-state index contributed by atoms with van der Waals surface area (Å²) >= 11 is 0.